The van der Waals surface area contributed by atoms with Gasteiger partial charge in [-0.3, -0.25) is 4.79 Å². The average molecular weight is 319 g/mol. The zero-order chi connectivity index (χ0) is 17.1. The third-order valence-corrected chi connectivity index (χ3v) is 3.85. The van der Waals surface area contributed by atoms with Crippen LogP contribution in [0.25, 0.3) is 10.9 Å². The van der Waals surface area contributed by atoms with E-state index >= 15 is 0 Å². The maximum Gasteiger partial charge on any atom is 0.244 e. The smallest absolute Gasteiger partial charge is 0.244 e. The molecule has 0 unspecified atom stereocenters. The number of ether oxygens (including phenoxy) is 1. The fraction of sp³-hybridized carbons (Fsp3) is 0.158. The van der Waals surface area contributed by atoms with E-state index in [2.05, 4.69) is 11.4 Å². The Balaban J connectivity index is 1.86. The van der Waals surface area contributed by atoms with Gasteiger partial charge in [0.1, 0.15) is 18.4 Å². The number of hydrogen-bond acceptors (Lipinski definition) is 3. The van der Waals surface area contributed by atoms with Gasteiger partial charge in [-0.25, -0.2) is 0 Å². The molecule has 0 aliphatic rings. The third-order valence-electron chi connectivity index (χ3n) is 3.85. The standard InChI is InChI=1S/C19H17N3O2/c1-13-7-8-18(24-2)16(9-13)21-19(23)12-22-11-14(10-20)15-5-3-4-6-17(15)22/h3-9,11H,12H2,1-2H3,(H,21,23). The van der Waals surface area contributed by atoms with Crippen LogP contribution in [0.2, 0.25) is 0 Å². The van der Waals surface area contributed by atoms with Gasteiger partial charge in [0.25, 0.3) is 0 Å². The van der Waals surface area contributed by atoms with E-state index in [4.69, 9.17) is 4.74 Å². The Hall–Kier alpha value is -3.26. The lowest BCUT2D eigenvalue weighted by Crippen LogP contribution is -2.18. The summed E-state index contributed by atoms with van der Waals surface area (Å²) < 4.78 is 7.06. The van der Waals surface area contributed by atoms with Crippen LogP contribution in [0.5, 0.6) is 5.75 Å². The first kappa shape index (κ1) is 15.6. The van der Waals surface area contributed by atoms with Crippen molar-refractivity contribution in [3.63, 3.8) is 0 Å². The second-order valence-electron chi connectivity index (χ2n) is 5.55. The van der Waals surface area contributed by atoms with Gasteiger partial charge in [-0.05, 0) is 30.7 Å². The first-order chi connectivity index (χ1) is 11.6. The minimum atomic E-state index is -0.177. The van der Waals surface area contributed by atoms with Crippen molar-refractivity contribution in [2.45, 2.75) is 13.5 Å². The summed E-state index contributed by atoms with van der Waals surface area (Å²) in [5.74, 6) is 0.438. The number of para-hydroxylation sites is 1. The lowest BCUT2D eigenvalue weighted by Gasteiger charge is -2.12. The first-order valence-electron chi connectivity index (χ1n) is 7.55. The predicted molar refractivity (Wildman–Crippen MR) is 93.0 cm³/mol. The summed E-state index contributed by atoms with van der Waals surface area (Å²) in [5.41, 5.74) is 3.09. The number of hydrogen-bond donors (Lipinski definition) is 1. The Kier molecular flexibility index (Phi) is 4.21. The Bertz CT molecular complexity index is 951. The molecule has 24 heavy (non-hydrogen) atoms. The number of nitrogens with zero attached hydrogens (tertiary/aromatic N) is 2. The molecule has 1 N–H and O–H groups in total. The summed E-state index contributed by atoms with van der Waals surface area (Å²) in [6, 6.07) is 15.3. The Labute approximate surface area is 140 Å². The summed E-state index contributed by atoms with van der Waals surface area (Å²) in [6.45, 7) is 2.08. The Morgan fingerprint density at radius 3 is 2.83 bits per heavy atom. The molecule has 3 rings (SSSR count). The Morgan fingerprint density at radius 1 is 1.29 bits per heavy atom. The molecule has 1 aromatic heterocycles. The summed E-state index contributed by atoms with van der Waals surface area (Å²) in [6.07, 6.45) is 1.71. The van der Waals surface area contributed by atoms with E-state index in [1.54, 1.807) is 17.9 Å². The number of anilines is 1. The highest BCUT2D eigenvalue weighted by atomic mass is 16.5. The van der Waals surface area contributed by atoms with E-state index in [9.17, 15) is 10.1 Å². The normalized spacial score (nSPS) is 10.4. The molecule has 0 fully saturated rings. The number of methoxy groups -OCH3 is 1. The van der Waals surface area contributed by atoms with Gasteiger partial charge >= 0.3 is 0 Å². The summed E-state index contributed by atoms with van der Waals surface area (Å²) in [4.78, 5) is 12.4. The zero-order valence-corrected chi connectivity index (χ0v) is 13.5. The van der Waals surface area contributed by atoms with Crippen LogP contribution in [0, 0.1) is 18.3 Å². The predicted octanol–water partition coefficient (Wildman–Crippen LogP) is 3.47. The zero-order valence-electron chi connectivity index (χ0n) is 13.5. The van der Waals surface area contributed by atoms with E-state index in [0.29, 0.717) is 17.0 Å². The van der Waals surface area contributed by atoms with Gasteiger partial charge < -0.3 is 14.6 Å². The number of nitriles is 1. The number of rotatable bonds is 4. The van der Waals surface area contributed by atoms with E-state index < -0.39 is 0 Å². The molecule has 0 saturated heterocycles. The highest BCUT2D eigenvalue weighted by Crippen LogP contribution is 2.25. The van der Waals surface area contributed by atoms with Crippen LogP contribution >= 0.6 is 0 Å². The number of carbonyl (C=O) groups is 1. The fourth-order valence-electron chi connectivity index (χ4n) is 2.73. The van der Waals surface area contributed by atoms with Crippen LogP contribution < -0.4 is 10.1 Å². The molecule has 0 bridgehead atoms. The molecule has 2 aromatic carbocycles. The maximum atomic E-state index is 12.4. The van der Waals surface area contributed by atoms with Crippen LogP contribution in [0.4, 0.5) is 5.69 Å². The number of benzene rings is 2. The van der Waals surface area contributed by atoms with Crippen LogP contribution in [0.15, 0.2) is 48.7 Å². The quantitative estimate of drug-likeness (QED) is 0.800. The molecule has 0 saturated carbocycles. The van der Waals surface area contributed by atoms with Crippen LogP contribution in [-0.4, -0.2) is 17.6 Å². The lowest BCUT2D eigenvalue weighted by atomic mass is 10.2. The number of fused-ring (bicyclic) bond motifs is 1. The molecule has 5 heteroatoms. The van der Waals surface area contributed by atoms with E-state index in [-0.39, 0.29) is 12.5 Å². The van der Waals surface area contributed by atoms with Crippen LogP contribution in [0.1, 0.15) is 11.1 Å². The average Bonchev–Trinajstić information content (AvgIpc) is 2.93. The van der Waals surface area contributed by atoms with Crippen LogP contribution in [0.3, 0.4) is 0 Å². The topological polar surface area (TPSA) is 67.0 Å². The number of nitrogens with one attached hydrogen (secondary N) is 1. The first-order valence-corrected chi connectivity index (χ1v) is 7.55. The largest absolute Gasteiger partial charge is 0.495 e. The van der Waals surface area contributed by atoms with Gasteiger partial charge in [-0.15, -0.1) is 0 Å². The summed E-state index contributed by atoms with van der Waals surface area (Å²) in [5, 5.41) is 13.0. The van der Waals surface area contributed by atoms with E-state index in [0.717, 1.165) is 16.5 Å². The molecule has 0 atom stereocenters. The van der Waals surface area contributed by atoms with Crippen molar-refractivity contribution in [2.24, 2.45) is 0 Å². The SMILES string of the molecule is COc1ccc(C)cc1NC(=O)Cn1cc(C#N)c2ccccc21. The molecule has 0 radical (unpaired) electrons. The molecule has 1 heterocycles. The van der Waals surface area contributed by atoms with Crippen molar-refractivity contribution in [1.82, 2.24) is 4.57 Å². The molecule has 1 amide bonds. The monoisotopic (exact) mass is 319 g/mol. The van der Waals surface area contributed by atoms with Crippen molar-refractivity contribution >= 4 is 22.5 Å². The highest BCUT2D eigenvalue weighted by Gasteiger charge is 2.12. The van der Waals surface area contributed by atoms with Crippen molar-refractivity contribution in [3.05, 3.63) is 59.8 Å². The summed E-state index contributed by atoms with van der Waals surface area (Å²) >= 11 is 0. The third kappa shape index (κ3) is 2.95. The van der Waals surface area contributed by atoms with Gasteiger partial charge in [0.05, 0.1) is 18.4 Å². The number of carbonyl (C=O) groups excluding carboxylic acids is 1. The van der Waals surface area contributed by atoms with E-state index in [1.165, 1.54) is 0 Å². The summed E-state index contributed by atoms with van der Waals surface area (Å²) in [7, 11) is 1.57. The van der Waals surface area contributed by atoms with Crippen molar-refractivity contribution < 1.29 is 9.53 Å². The second kappa shape index (κ2) is 6.47. The van der Waals surface area contributed by atoms with Gasteiger partial charge in [0.15, 0.2) is 0 Å². The highest BCUT2D eigenvalue weighted by molar-refractivity contribution is 5.94. The van der Waals surface area contributed by atoms with Crippen molar-refractivity contribution in [2.75, 3.05) is 12.4 Å². The number of amides is 1. The molecule has 3 aromatic rings. The molecule has 0 aliphatic carbocycles. The molecule has 0 spiro atoms. The lowest BCUT2D eigenvalue weighted by molar-refractivity contribution is -0.116. The van der Waals surface area contributed by atoms with Gasteiger partial charge in [-0.1, -0.05) is 24.3 Å². The minimum Gasteiger partial charge on any atom is -0.495 e. The van der Waals surface area contributed by atoms with Gasteiger partial charge in [-0.2, -0.15) is 5.26 Å². The van der Waals surface area contributed by atoms with Crippen LogP contribution in [-0.2, 0) is 11.3 Å². The number of aromatic nitrogens is 1. The van der Waals surface area contributed by atoms with Gasteiger partial charge in [0.2, 0.25) is 5.91 Å². The fourth-order valence-corrected chi connectivity index (χ4v) is 2.73. The van der Waals surface area contributed by atoms with Crippen molar-refractivity contribution in [1.29, 1.82) is 5.26 Å². The number of aryl methyl sites for hydroxylation is 1. The van der Waals surface area contributed by atoms with Gasteiger partial charge in [0, 0.05) is 17.1 Å². The molecular weight excluding hydrogens is 302 g/mol. The van der Waals surface area contributed by atoms with Crippen molar-refractivity contribution in [3.8, 4) is 11.8 Å². The molecule has 5 nitrogen and oxygen atoms in total. The minimum absolute atomic E-state index is 0.124. The van der Waals surface area contributed by atoms with E-state index in [1.807, 2.05) is 49.4 Å². The second-order valence-corrected chi connectivity index (χ2v) is 5.55. The Morgan fingerprint density at radius 2 is 2.08 bits per heavy atom. The molecule has 0 aliphatic heterocycles. The maximum absolute atomic E-state index is 12.4. The molecular formula is C19H17N3O2. The molecule has 120 valence electrons.